The molecule has 1 atom stereocenters. The van der Waals surface area contributed by atoms with Gasteiger partial charge in [0.2, 0.25) is 0 Å². The minimum absolute atomic E-state index is 0.153. The van der Waals surface area contributed by atoms with Gasteiger partial charge in [0.1, 0.15) is 0 Å². The van der Waals surface area contributed by atoms with Gasteiger partial charge in [-0.1, -0.05) is 75.6 Å². The summed E-state index contributed by atoms with van der Waals surface area (Å²) >= 11 is 1.97. The molecule has 0 N–H and O–H groups in total. The van der Waals surface area contributed by atoms with Gasteiger partial charge in [-0.2, -0.15) is 0 Å². The average Bonchev–Trinajstić information content (AvgIpc) is 2.67. The Morgan fingerprint density at radius 3 is 2.65 bits per heavy atom. The minimum atomic E-state index is 0.153. The molecule has 4 rings (SSSR count). The fourth-order valence-electron chi connectivity index (χ4n) is 4.05. The maximum absolute atomic E-state index is 2.55. The van der Waals surface area contributed by atoms with Crippen LogP contribution in [0.1, 0.15) is 56.4 Å². The first kappa shape index (κ1) is 15.2. The zero-order chi connectivity index (χ0) is 15.9. The number of hydrogen-bond acceptors (Lipinski definition) is 1. The molecule has 0 aliphatic heterocycles. The molecular weight excluding hydrogens is 296 g/mol. The smallest absolute Gasteiger partial charge is 0.0352 e. The quantitative estimate of drug-likeness (QED) is 0.671. The second-order valence-corrected chi connectivity index (χ2v) is 8.92. The summed E-state index contributed by atoms with van der Waals surface area (Å²) in [6, 6.07) is 0. The molecule has 0 aromatic carbocycles. The first-order chi connectivity index (χ1) is 11.1. The van der Waals surface area contributed by atoms with E-state index in [0.29, 0.717) is 5.92 Å². The van der Waals surface area contributed by atoms with E-state index in [-0.39, 0.29) is 5.41 Å². The molecule has 1 saturated carbocycles. The predicted octanol–water partition coefficient (Wildman–Crippen LogP) is 5.14. The number of rotatable bonds is 1. The molecule has 23 heavy (non-hydrogen) atoms. The monoisotopic (exact) mass is 322 g/mol. The first-order valence-electron chi connectivity index (χ1n) is 9.04. The third kappa shape index (κ3) is 3.04. The molecule has 120 valence electrons. The van der Waals surface area contributed by atoms with Gasteiger partial charge in [-0.15, -0.1) is 11.3 Å². The molecule has 3 aliphatic carbocycles. The van der Waals surface area contributed by atoms with Crippen molar-refractivity contribution in [3.05, 3.63) is 44.5 Å². The van der Waals surface area contributed by atoms with Crippen LogP contribution in [0.3, 0.4) is 0 Å². The Morgan fingerprint density at radius 1 is 1.04 bits per heavy atom. The highest BCUT2D eigenvalue weighted by molar-refractivity contribution is 7.11. The maximum atomic E-state index is 2.55. The second-order valence-electron chi connectivity index (χ2n) is 7.84. The van der Waals surface area contributed by atoms with E-state index < -0.39 is 0 Å². The Morgan fingerprint density at radius 2 is 1.83 bits per heavy atom. The molecule has 0 amide bonds. The maximum Gasteiger partial charge on any atom is 0.0352 e. The molecule has 1 aromatic heterocycles. The van der Waals surface area contributed by atoms with Crippen LogP contribution in [-0.2, 0) is 0 Å². The molecule has 0 bridgehead atoms. The molecule has 1 fully saturated rings. The third-order valence-electron chi connectivity index (χ3n) is 5.52. The van der Waals surface area contributed by atoms with Crippen molar-refractivity contribution in [3.63, 3.8) is 0 Å². The van der Waals surface area contributed by atoms with Crippen molar-refractivity contribution in [1.82, 2.24) is 0 Å². The summed E-state index contributed by atoms with van der Waals surface area (Å²) < 4.78 is 1.48. The van der Waals surface area contributed by atoms with Crippen LogP contribution in [0.4, 0.5) is 0 Å². The van der Waals surface area contributed by atoms with E-state index in [1.807, 2.05) is 11.3 Å². The van der Waals surface area contributed by atoms with Crippen molar-refractivity contribution in [3.8, 4) is 0 Å². The lowest BCUT2D eigenvalue weighted by Gasteiger charge is -2.25. The van der Waals surface area contributed by atoms with E-state index in [9.17, 15) is 0 Å². The van der Waals surface area contributed by atoms with Gasteiger partial charge in [-0.3, -0.25) is 0 Å². The van der Waals surface area contributed by atoms with Gasteiger partial charge < -0.3 is 0 Å². The average molecular weight is 323 g/mol. The number of thiophene rings is 1. The van der Waals surface area contributed by atoms with Crippen LogP contribution in [0.25, 0.3) is 24.3 Å². The SMILES string of the molecule is CC1(C)C=Cc2sc3c(c2C=C1)=CC=CC(C1CCCCC1)C=3. The lowest BCUT2D eigenvalue weighted by molar-refractivity contribution is 0.327. The molecule has 0 nitrogen and oxygen atoms in total. The van der Waals surface area contributed by atoms with Gasteiger partial charge in [0.25, 0.3) is 0 Å². The Hall–Kier alpha value is -1.34. The van der Waals surface area contributed by atoms with Crippen LogP contribution in [0.5, 0.6) is 0 Å². The normalized spacial score (nSPS) is 25.7. The molecule has 1 unspecified atom stereocenters. The number of fused-ring (bicyclic) bond motifs is 3. The highest BCUT2D eigenvalue weighted by Crippen LogP contribution is 2.33. The summed E-state index contributed by atoms with van der Waals surface area (Å²) in [6.45, 7) is 4.54. The van der Waals surface area contributed by atoms with Crippen molar-refractivity contribution < 1.29 is 0 Å². The number of hydrogen-bond donors (Lipinski definition) is 0. The summed E-state index contributed by atoms with van der Waals surface area (Å²) in [6.07, 6.45) is 26.0. The van der Waals surface area contributed by atoms with Gasteiger partial charge in [-0.25, -0.2) is 0 Å². The Kier molecular flexibility index (Phi) is 3.93. The molecule has 0 radical (unpaired) electrons. The van der Waals surface area contributed by atoms with Gasteiger partial charge in [-0.05, 0) is 41.5 Å². The van der Waals surface area contributed by atoms with Crippen LogP contribution >= 0.6 is 11.3 Å². The van der Waals surface area contributed by atoms with E-state index in [1.54, 1.807) is 0 Å². The van der Waals surface area contributed by atoms with Crippen molar-refractivity contribution in [2.75, 3.05) is 0 Å². The topological polar surface area (TPSA) is 0 Å². The van der Waals surface area contributed by atoms with Crippen LogP contribution in [0.15, 0.2) is 24.3 Å². The van der Waals surface area contributed by atoms with E-state index in [0.717, 1.165) is 5.92 Å². The molecule has 1 aromatic rings. The summed E-state index contributed by atoms with van der Waals surface area (Å²) in [5.41, 5.74) is 1.57. The fourth-order valence-corrected chi connectivity index (χ4v) is 5.23. The molecule has 0 saturated heterocycles. The minimum Gasteiger partial charge on any atom is -0.136 e. The van der Waals surface area contributed by atoms with Crippen molar-refractivity contribution in [1.29, 1.82) is 0 Å². The Balaban J connectivity index is 1.77. The lowest BCUT2D eigenvalue weighted by Crippen LogP contribution is -2.22. The zero-order valence-electron chi connectivity index (χ0n) is 14.2. The second kappa shape index (κ2) is 5.94. The molecule has 1 heteroatoms. The van der Waals surface area contributed by atoms with E-state index in [2.05, 4.69) is 62.5 Å². The molecule has 0 spiro atoms. The van der Waals surface area contributed by atoms with Crippen molar-refractivity contribution >= 4 is 35.6 Å². The van der Waals surface area contributed by atoms with E-state index in [4.69, 9.17) is 0 Å². The van der Waals surface area contributed by atoms with Gasteiger partial charge in [0.15, 0.2) is 0 Å². The van der Waals surface area contributed by atoms with Gasteiger partial charge in [0, 0.05) is 14.8 Å². The standard InChI is InChI=1S/C22H26S/c1-22(2)13-11-19-18-10-6-9-17(16-7-4-3-5-8-16)15-21(18)23-20(19)12-14-22/h6,9-17H,3-5,7-8H2,1-2H3. The number of allylic oxidation sites excluding steroid dienone is 4. The highest BCUT2D eigenvalue weighted by atomic mass is 32.1. The van der Waals surface area contributed by atoms with Crippen LogP contribution in [0, 0.1) is 17.3 Å². The summed E-state index contributed by atoms with van der Waals surface area (Å²) in [5.74, 6) is 1.48. The lowest BCUT2D eigenvalue weighted by atomic mass is 9.80. The molecular formula is C22H26S. The molecule has 1 heterocycles. The van der Waals surface area contributed by atoms with E-state index >= 15 is 0 Å². The van der Waals surface area contributed by atoms with Crippen LogP contribution in [0.2, 0.25) is 0 Å². The molecule has 3 aliphatic rings. The van der Waals surface area contributed by atoms with Crippen molar-refractivity contribution in [2.24, 2.45) is 17.3 Å². The van der Waals surface area contributed by atoms with Crippen molar-refractivity contribution in [2.45, 2.75) is 46.0 Å². The van der Waals surface area contributed by atoms with Gasteiger partial charge >= 0.3 is 0 Å². The summed E-state index contributed by atoms with van der Waals surface area (Å²) in [7, 11) is 0. The Labute approximate surface area is 143 Å². The summed E-state index contributed by atoms with van der Waals surface area (Å²) in [4.78, 5) is 1.42. The zero-order valence-corrected chi connectivity index (χ0v) is 15.0. The fraction of sp³-hybridized carbons (Fsp3) is 0.455. The first-order valence-corrected chi connectivity index (χ1v) is 9.86. The van der Waals surface area contributed by atoms with Gasteiger partial charge in [0.05, 0.1) is 0 Å². The highest BCUT2D eigenvalue weighted by Gasteiger charge is 2.21. The Bertz CT molecular complexity index is 792. The van der Waals surface area contributed by atoms with Crippen LogP contribution < -0.4 is 9.75 Å². The summed E-state index contributed by atoms with van der Waals surface area (Å²) in [5, 5.41) is 1.43. The third-order valence-corrected chi connectivity index (χ3v) is 6.67. The van der Waals surface area contributed by atoms with E-state index in [1.165, 1.54) is 52.3 Å². The largest absolute Gasteiger partial charge is 0.136 e. The predicted molar refractivity (Wildman–Crippen MR) is 104 cm³/mol. The van der Waals surface area contributed by atoms with Crippen LogP contribution in [-0.4, -0.2) is 0 Å².